The van der Waals surface area contributed by atoms with Crippen LogP contribution in [0.3, 0.4) is 0 Å². The molecule has 1 heterocycles. The van der Waals surface area contributed by atoms with Crippen molar-refractivity contribution in [1.29, 1.82) is 0 Å². The van der Waals surface area contributed by atoms with Gasteiger partial charge in [-0.25, -0.2) is 4.79 Å². The van der Waals surface area contributed by atoms with Gasteiger partial charge in [0.05, 0.1) is 5.92 Å². The smallest absolute Gasteiger partial charge is 0.326 e. The molecule has 1 N–H and O–H groups in total. The summed E-state index contributed by atoms with van der Waals surface area (Å²) >= 11 is 0. The molecule has 1 aliphatic heterocycles. The van der Waals surface area contributed by atoms with Gasteiger partial charge in [-0.2, -0.15) is 0 Å². The number of carbonyl (C=O) groups is 3. The third kappa shape index (κ3) is 3.44. The maximum atomic E-state index is 12.5. The number of hydrogen-bond acceptors (Lipinski definition) is 3. The molecule has 0 saturated carbocycles. The average Bonchev–Trinajstić information content (AvgIpc) is 2.83. The summed E-state index contributed by atoms with van der Waals surface area (Å²) in [4.78, 5) is 38.3. The van der Waals surface area contributed by atoms with Crippen molar-refractivity contribution in [2.24, 2.45) is 5.92 Å². The van der Waals surface area contributed by atoms with Crippen LogP contribution in [0.2, 0.25) is 0 Å². The van der Waals surface area contributed by atoms with Gasteiger partial charge in [0.25, 0.3) is 0 Å². The Hall–Kier alpha value is -2.37. The normalized spacial score (nSPS) is 19.1. The van der Waals surface area contributed by atoms with E-state index in [9.17, 15) is 19.5 Å². The summed E-state index contributed by atoms with van der Waals surface area (Å²) in [6, 6.07) is 8.26. The lowest BCUT2D eigenvalue weighted by molar-refractivity contribution is -0.150. The second kappa shape index (κ2) is 6.60. The first-order valence-corrected chi connectivity index (χ1v) is 7.17. The van der Waals surface area contributed by atoms with E-state index in [2.05, 4.69) is 0 Å². The number of nitrogens with zero attached hydrogens (tertiary/aromatic N) is 2. The maximum Gasteiger partial charge on any atom is 0.326 e. The summed E-state index contributed by atoms with van der Waals surface area (Å²) in [5.41, 5.74) is 0.856. The van der Waals surface area contributed by atoms with Crippen LogP contribution in [0.1, 0.15) is 12.0 Å². The Balaban J connectivity index is 2.09. The quantitative estimate of drug-likeness (QED) is 0.865. The standard InChI is InChI=1S/C16H20N2O4/c1-17-10-12(9-14(17)19)15(20)18(2)13(16(21)22)8-11-6-4-3-5-7-11/h3-7,12-13H,8-10H2,1-2H3,(H,21,22). The third-order valence-electron chi connectivity index (χ3n) is 4.06. The number of benzene rings is 1. The van der Waals surface area contributed by atoms with Gasteiger partial charge in [0.2, 0.25) is 11.8 Å². The molecule has 0 radical (unpaired) electrons. The van der Waals surface area contributed by atoms with Gasteiger partial charge in [-0.05, 0) is 5.56 Å². The van der Waals surface area contributed by atoms with Crippen molar-refractivity contribution in [2.75, 3.05) is 20.6 Å². The van der Waals surface area contributed by atoms with Crippen molar-refractivity contribution >= 4 is 17.8 Å². The summed E-state index contributed by atoms with van der Waals surface area (Å²) in [5.74, 6) is -1.87. The summed E-state index contributed by atoms with van der Waals surface area (Å²) in [6.07, 6.45) is 0.395. The van der Waals surface area contributed by atoms with Crippen LogP contribution < -0.4 is 0 Å². The molecule has 6 nitrogen and oxygen atoms in total. The van der Waals surface area contributed by atoms with Crippen molar-refractivity contribution in [3.05, 3.63) is 35.9 Å². The van der Waals surface area contributed by atoms with Gasteiger partial charge in [0.1, 0.15) is 6.04 Å². The molecule has 6 heteroatoms. The van der Waals surface area contributed by atoms with E-state index in [0.717, 1.165) is 5.56 Å². The summed E-state index contributed by atoms with van der Waals surface area (Å²) in [7, 11) is 3.14. The molecular weight excluding hydrogens is 284 g/mol. The van der Waals surface area contributed by atoms with E-state index in [-0.39, 0.29) is 24.7 Å². The van der Waals surface area contributed by atoms with Gasteiger partial charge < -0.3 is 14.9 Å². The molecule has 1 saturated heterocycles. The number of amides is 2. The van der Waals surface area contributed by atoms with Crippen molar-refractivity contribution in [3.63, 3.8) is 0 Å². The molecule has 0 bridgehead atoms. The van der Waals surface area contributed by atoms with Crippen LogP contribution in [0.5, 0.6) is 0 Å². The SMILES string of the molecule is CN1CC(C(=O)N(C)C(Cc2ccccc2)C(=O)O)CC1=O. The topological polar surface area (TPSA) is 77.9 Å². The van der Waals surface area contributed by atoms with Crippen LogP contribution in [0.15, 0.2) is 30.3 Å². The molecule has 0 aromatic heterocycles. The van der Waals surface area contributed by atoms with Gasteiger partial charge in [0, 0.05) is 33.5 Å². The molecule has 118 valence electrons. The number of likely N-dealkylation sites (N-methyl/N-ethyl adjacent to an activating group) is 1. The highest BCUT2D eigenvalue weighted by molar-refractivity contribution is 5.91. The predicted octanol–water partition coefficient (Wildman–Crippen LogP) is 0.619. The first-order valence-electron chi connectivity index (χ1n) is 7.17. The largest absolute Gasteiger partial charge is 0.480 e. The van der Waals surface area contributed by atoms with Crippen LogP contribution in [0.25, 0.3) is 0 Å². The number of carboxylic acids is 1. The van der Waals surface area contributed by atoms with Crippen molar-refractivity contribution in [1.82, 2.24) is 9.80 Å². The van der Waals surface area contributed by atoms with E-state index >= 15 is 0 Å². The molecule has 1 aromatic carbocycles. The Morgan fingerprint density at radius 3 is 2.50 bits per heavy atom. The third-order valence-corrected chi connectivity index (χ3v) is 4.06. The molecule has 2 amide bonds. The second-order valence-electron chi connectivity index (χ2n) is 5.67. The van der Waals surface area contributed by atoms with E-state index in [1.54, 1.807) is 7.05 Å². The van der Waals surface area contributed by atoms with E-state index in [0.29, 0.717) is 6.54 Å². The first-order chi connectivity index (χ1) is 10.4. The van der Waals surface area contributed by atoms with Crippen LogP contribution in [-0.2, 0) is 20.8 Å². The van der Waals surface area contributed by atoms with E-state index < -0.39 is 17.9 Å². The molecule has 1 aromatic rings. The number of carbonyl (C=O) groups excluding carboxylic acids is 2. The summed E-state index contributed by atoms with van der Waals surface area (Å²) in [5, 5.41) is 9.43. The Kier molecular flexibility index (Phi) is 4.80. The lowest BCUT2D eigenvalue weighted by atomic mass is 10.0. The average molecular weight is 304 g/mol. The molecule has 1 fully saturated rings. The van der Waals surface area contributed by atoms with Crippen molar-refractivity contribution in [2.45, 2.75) is 18.9 Å². The zero-order valence-corrected chi connectivity index (χ0v) is 12.7. The fourth-order valence-electron chi connectivity index (χ4n) is 2.70. The molecule has 2 unspecified atom stereocenters. The molecule has 0 aliphatic carbocycles. The second-order valence-corrected chi connectivity index (χ2v) is 5.67. The zero-order valence-electron chi connectivity index (χ0n) is 12.7. The monoisotopic (exact) mass is 304 g/mol. The minimum atomic E-state index is -1.04. The minimum absolute atomic E-state index is 0.0818. The van der Waals surface area contributed by atoms with Gasteiger partial charge in [-0.15, -0.1) is 0 Å². The van der Waals surface area contributed by atoms with Crippen molar-refractivity contribution < 1.29 is 19.5 Å². The highest BCUT2D eigenvalue weighted by Gasteiger charge is 2.37. The molecule has 0 spiro atoms. The summed E-state index contributed by atoms with van der Waals surface area (Å²) < 4.78 is 0. The Labute approximate surface area is 129 Å². The van der Waals surface area contributed by atoms with Gasteiger partial charge in [-0.3, -0.25) is 9.59 Å². The molecule has 2 rings (SSSR count). The molecular formula is C16H20N2O4. The highest BCUT2D eigenvalue weighted by atomic mass is 16.4. The van der Waals surface area contributed by atoms with E-state index in [1.165, 1.54) is 16.8 Å². The molecule has 2 atom stereocenters. The van der Waals surface area contributed by atoms with Crippen LogP contribution in [0.4, 0.5) is 0 Å². The first kappa shape index (κ1) is 16.0. The van der Waals surface area contributed by atoms with Gasteiger partial charge >= 0.3 is 5.97 Å². The molecule has 1 aliphatic rings. The minimum Gasteiger partial charge on any atom is -0.480 e. The highest BCUT2D eigenvalue weighted by Crippen LogP contribution is 2.20. The predicted molar refractivity (Wildman–Crippen MR) is 80.1 cm³/mol. The summed E-state index contributed by atoms with van der Waals surface area (Å²) in [6.45, 7) is 0.347. The fourth-order valence-corrected chi connectivity index (χ4v) is 2.70. The lowest BCUT2D eigenvalue weighted by Gasteiger charge is -2.27. The van der Waals surface area contributed by atoms with Crippen LogP contribution in [-0.4, -0.2) is 59.4 Å². The number of rotatable bonds is 5. The molecule has 22 heavy (non-hydrogen) atoms. The van der Waals surface area contributed by atoms with Crippen LogP contribution in [0, 0.1) is 5.92 Å². The van der Waals surface area contributed by atoms with Crippen LogP contribution >= 0.6 is 0 Å². The van der Waals surface area contributed by atoms with Crippen molar-refractivity contribution in [3.8, 4) is 0 Å². The Morgan fingerprint density at radius 1 is 1.36 bits per heavy atom. The fraction of sp³-hybridized carbons (Fsp3) is 0.438. The Bertz CT molecular complexity index is 573. The maximum absolute atomic E-state index is 12.5. The number of likely N-dealkylation sites (tertiary alicyclic amines) is 1. The Morgan fingerprint density at radius 2 is 2.00 bits per heavy atom. The lowest BCUT2D eigenvalue weighted by Crippen LogP contribution is -2.46. The number of carboxylic acid groups (broad SMARTS) is 1. The number of hydrogen-bond donors (Lipinski definition) is 1. The zero-order chi connectivity index (χ0) is 16.3. The van der Waals surface area contributed by atoms with E-state index in [4.69, 9.17) is 0 Å². The van der Waals surface area contributed by atoms with Gasteiger partial charge in [-0.1, -0.05) is 30.3 Å². The van der Waals surface area contributed by atoms with Gasteiger partial charge in [0.15, 0.2) is 0 Å². The van der Waals surface area contributed by atoms with E-state index in [1.807, 2.05) is 30.3 Å². The number of aliphatic carboxylic acids is 1.